The van der Waals surface area contributed by atoms with Gasteiger partial charge < -0.3 is 15.3 Å². The van der Waals surface area contributed by atoms with Crippen LogP contribution in [-0.4, -0.2) is 35.2 Å². The molecular formula is C20H20N2O4S. The number of carbonyl (C=O) groups is 3. The second kappa shape index (κ2) is 8.73. The number of nitrogens with zero attached hydrogens (tertiary/aromatic N) is 1. The number of hydrogen-bond donors (Lipinski definition) is 2. The number of rotatable bonds is 7. The molecule has 1 fully saturated rings. The average molecular weight is 384 g/mol. The maximum atomic E-state index is 12.6. The third kappa shape index (κ3) is 5.10. The van der Waals surface area contributed by atoms with Crippen molar-refractivity contribution in [2.45, 2.75) is 18.6 Å². The van der Waals surface area contributed by atoms with Gasteiger partial charge >= 0.3 is 5.97 Å². The van der Waals surface area contributed by atoms with Gasteiger partial charge in [0.05, 0.1) is 5.75 Å². The van der Waals surface area contributed by atoms with E-state index in [9.17, 15) is 14.4 Å². The molecule has 0 aromatic heterocycles. The summed E-state index contributed by atoms with van der Waals surface area (Å²) in [5.41, 5.74) is 2.81. The Balaban J connectivity index is 1.67. The molecule has 0 bridgehead atoms. The minimum Gasteiger partial charge on any atom is -0.481 e. The molecule has 0 saturated carbocycles. The van der Waals surface area contributed by atoms with Crippen LogP contribution in [0.25, 0.3) is 0 Å². The average Bonchev–Trinajstić information content (AvgIpc) is 3.08. The van der Waals surface area contributed by atoms with Crippen LogP contribution in [0.5, 0.6) is 0 Å². The van der Waals surface area contributed by atoms with Gasteiger partial charge in [0.2, 0.25) is 5.91 Å². The van der Waals surface area contributed by atoms with E-state index in [1.807, 2.05) is 24.3 Å². The summed E-state index contributed by atoms with van der Waals surface area (Å²) in [7, 11) is 0. The van der Waals surface area contributed by atoms with E-state index in [4.69, 9.17) is 5.11 Å². The van der Waals surface area contributed by atoms with Crippen molar-refractivity contribution < 1.29 is 19.5 Å². The Kier molecular flexibility index (Phi) is 6.13. The summed E-state index contributed by atoms with van der Waals surface area (Å²) in [6, 6.07) is 14.4. The second-order valence-electron chi connectivity index (χ2n) is 6.24. The van der Waals surface area contributed by atoms with Gasteiger partial charge in [0, 0.05) is 35.7 Å². The Morgan fingerprint density at radius 3 is 2.70 bits per heavy atom. The van der Waals surface area contributed by atoms with E-state index in [1.165, 1.54) is 11.8 Å². The summed E-state index contributed by atoms with van der Waals surface area (Å²) in [6.45, 7) is 0.681. The van der Waals surface area contributed by atoms with Crippen LogP contribution >= 0.6 is 11.8 Å². The lowest BCUT2D eigenvalue weighted by Gasteiger charge is -2.16. The van der Waals surface area contributed by atoms with Crippen LogP contribution in [0.2, 0.25) is 0 Å². The lowest BCUT2D eigenvalue weighted by Crippen LogP contribution is -2.24. The molecule has 1 aliphatic heterocycles. The van der Waals surface area contributed by atoms with Crippen LogP contribution < -0.4 is 10.2 Å². The Labute approximate surface area is 161 Å². The van der Waals surface area contributed by atoms with E-state index >= 15 is 0 Å². The van der Waals surface area contributed by atoms with Crippen molar-refractivity contribution in [2.75, 3.05) is 22.5 Å². The molecule has 27 heavy (non-hydrogen) atoms. The zero-order valence-electron chi connectivity index (χ0n) is 14.7. The molecule has 3 rings (SSSR count). The fourth-order valence-corrected chi connectivity index (χ4v) is 3.63. The molecule has 1 saturated heterocycles. The van der Waals surface area contributed by atoms with E-state index in [-0.39, 0.29) is 17.6 Å². The number of carbonyl (C=O) groups excluding carboxylic acids is 2. The van der Waals surface area contributed by atoms with Crippen molar-refractivity contribution in [1.82, 2.24) is 0 Å². The highest BCUT2D eigenvalue weighted by molar-refractivity contribution is 7.99. The summed E-state index contributed by atoms with van der Waals surface area (Å²) >= 11 is 1.30. The number of hydrogen-bond acceptors (Lipinski definition) is 4. The van der Waals surface area contributed by atoms with Gasteiger partial charge in [-0.05, 0) is 42.3 Å². The lowest BCUT2D eigenvalue weighted by molar-refractivity contribution is -0.133. The molecule has 0 radical (unpaired) electrons. The van der Waals surface area contributed by atoms with E-state index in [2.05, 4.69) is 5.32 Å². The first-order valence-electron chi connectivity index (χ1n) is 8.63. The number of anilines is 2. The molecule has 2 N–H and O–H groups in total. The van der Waals surface area contributed by atoms with Gasteiger partial charge in [0.25, 0.3) is 5.91 Å². The van der Waals surface area contributed by atoms with Crippen LogP contribution in [0.3, 0.4) is 0 Å². The Morgan fingerprint density at radius 2 is 1.96 bits per heavy atom. The Bertz CT molecular complexity index is 869. The molecule has 6 nitrogen and oxygen atoms in total. The molecule has 2 aromatic rings. The molecule has 0 atom stereocenters. The number of amides is 2. The molecule has 2 aromatic carbocycles. The summed E-state index contributed by atoms with van der Waals surface area (Å²) in [6.07, 6.45) is 1.38. The number of aliphatic carboxylic acids is 1. The number of thioether (sulfide) groups is 1. The minimum absolute atomic E-state index is 0.0403. The van der Waals surface area contributed by atoms with Gasteiger partial charge in [-0.2, -0.15) is 0 Å². The third-order valence-corrected chi connectivity index (χ3v) is 5.16. The van der Waals surface area contributed by atoms with Crippen molar-refractivity contribution in [3.05, 3.63) is 59.7 Å². The summed E-state index contributed by atoms with van der Waals surface area (Å²) in [5, 5.41) is 11.6. The van der Waals surface area contributed by atoms with Crippen molar-refractivity contribution in [1.29, 1.82) is 0 Å². The normalized spacial score (nSPS) is 13.6. The highest BCUT2D eigenvalue weighted by Crippen LogP contribution is 2.23. The third-order valence-electron chi connectivity index (χ3n) is 4.17. The number of benzene rings is 2. The number of nitrogens with one attached hydrogen (secondary N) is 1. The molecule has 0 aliphatic carbocycles. The highest BCUT2D eigenvalue weighted by Gasteiger charge is 2.22. The maximum Gasteiger partial charge on any atom is 0.313 e. The summed E-state index contributed by atoms with van der Waals surface area (Å²) < 4.78 is 0. The molecule has 2 amide bonds. The Morgan fingerprint density at radius 1 is 1.15 bits per heavy atom. The molecule has 140 valence electrons. The molecular weight excluding hydrogens is 364 g/mol. The van der Waals surface area contributed by atoms with Crippen molar-refractivity contribution >= 4 is 40.9 Å². The lowest BCUT2D eigenvalue weighted by atomic mass is 10.1. The first-order valence-corrected chi connectivity index (χ1v) is 9.78. The molecule has 0 spiro atoms. The van der Waals surface area contributed by atoms with E-state index in [0.717, 1.165) is 17.7 Å². The maximum absolute atomic E-state index is 12.6. The fraction of sp³-hybridized carbons (Fsp3) is 0.250. The van der Waals surface area contributed by atoms with E-state index in [0.29, 0.717) is 30.0 Å². The van der Waals surface area contributed by atoms with Crippen LogP contribution in [0, 0.1) is 0 Å². The van der Waals surface area contributed by atoms with Crippen LogP contribution in [-0.2, 0) is 15.3 Å². The largest absolute Gasteiger partial charge is 0.481 e. The predicted molar refractivity (Wildman–Crippen MR) is 106 cm³/mol. The summed E-state index contributed by atoms with van der Waals surface area (Å²) in [5.74, 6) is -0.417. The SMILES string of the molecule is O=C(O)CSCc1cccc(NC(=O)c2cccc(N3CCCC3=O)c2)c1. The fourth-order valence-electron chi connectivity index (χ4n) is 2.93. The second-order valence-corrected chi connectivity index (χ2v) is 7.23. The molecule has 7 heteroatoms. The van der Waals surface area contributed by atoms with Crippen LogP contribution in [0.15, 0.2) is 48.5 Å². The van der Waals surface area contributed by atoms with Gasteiger partial charge in [-0.25, -0.2) is 0 Å². The standard InChI is InChI=1S/C20H20N2O4S/c23-18-8-3-9-22(18)17-7-2-5-15(11-17)20(26)21-16-6-1-4-14(10-16)12-27-13-19(24)25/h1-2,4-7,10-11H,3,8-9,12-13H2,(H,21,26)(H,24,25). The van der Waals surface area contributed by atoms with Crippen molar-refractivity contribution in [3.63, 3.8) is 0 Å². The Hall–Kier alpha value is -2.80. The van der Waals surface area contributed by atoms with Crippen LogP contribution in [0.1, 0.15) is 28.8 Å². The van der Waals surface area contributed by atoms with Crippen LogP contribution in [0.4, 0.5) is 11.4 Å². The van der Waals surface area contributed by atoms with Crippen molar-refractivity contribution in [2.24, 2.45) is 0 Å². The quantitative estimate of drug-likeness (QED) is 0.764. The smallest absolute Gasteiger partial charge is 0.313 e. The van der Waals surface area contributed by atoms with Gasteiger partial charge in [-0.15, -0.1) is 11.8 Å². The predicted octanol–water partition coefficient (Wildman–Crippen LogP) is 3.38. The zero-order chi connectivity index (χ0) is 19.2. The van der Waals surface area contributed by atoms with Gasteiger partial charge in [0.15, 0.2) is 0 Å². The van der Waals surface area contributed by atoms with Gasteiger partial charge in [-0.3, -0.25) is 14.4 Å². The van der Waals surface area contributed by atoms with Crippen molar-refractivity contribution in [3.8, 4) is 0 Å². The first-order chi connectivity index (χ1) is 13.0. The first kappa shape index (κ1) is 19.0. The number of carboxylic acids is 1. The monoisotopic (exact) mass is 384 g/mol. The van der Waals surface area contributed by atoms with Gasteiger partial charge in [0.1, 0.15) is 0 Å². The van der Waals surface area contributed by atoms with E-state index in [1.54, 1.807) is 29.2 Å². The molecule has 1 heterocycles. The number of carboxylic acid groups (broad SMARTS) is 1. The highest BCUT2D eigenvalue weighted by atomic mass is 32.2. The topological polar surface area (TPSA) is 86.7 Å². The van der Waals surface area contributed by atoms with E-state index < -0.39 is 5.97 Å². The summed E-state index contributed by atoms with van der Waals surface area (Å²) in [4.78, 5) is 36.8. The molecule has 1 aliphatic rings. The van der Waals surface area contributed by atoms with Gasteiger partial charge in [-0.1, -0.05) is 18.2 Å². The molecule has 0 unspecified atom stereocenters. The minimum atomic E-state index is -0.846. The zero-order valence-corrected chi connectivity index (χ0v) is 15.5.